The van der Waals surface area contributed by atoms with Crippen LogP contribution in [0.4, 0.5) is 0 Å². The number of benzene rings is 1. The molecular weight excluding hydrogens is 304 g/mol. The minimum Gasteiger partial charge on any atom is -0.376 e. The fraction of sp³-hybridized carbons (Fsp3) is 0.556. The summed E-state index contributed by atoms with van der Waals surface area (Å²) in [5.74, 6) is 0.0428. The van der Waals surface area contributed by atoms with Gasteiger partial charge in [-0.3, -0.25) is 14.8 Å². The molecular formula is C18H24N4O2. The predicted octanol–water partition coefficient (Wildman–Crippen LogP) is 1.89. The molecule has 6 heteroatoms. The lowest BCUT2D eigenvalue weighted by Gasteiger charge is -2.41. The number of ether oxygens (including phenoxy) is 1. The summed E-state index contributed by atoms with van der Waals surface area (Å²) in [5.41, 5.74) is 1.46. The Hall–Kier alpha value is -1.92. The molecule has 2 aliphatic rings. The Labute approximate surface area is 141 Å². The summed E-state index contributed by atoms with van der Waals surface area (Å²) in [5, 5.41) is 8.11. The van der Waals surface area contributed by atoms with Crippen LogP contribution in [0.25, 0.3) is 10.9 Å². The number of morpholine rings is 1. The SMILES string of the molecule is C[C@@H]1CN(C2CCN(C(=O)c3n[nH]c4ccccc34)CC2)CCO1. The van der Waals surface area contributed by atoms with Crippen LogP contribution >= 0.6 is 0 Å². The summed E-state index contributed by atoms with van der Waals surface area (Å²) in [6.07, 6.45) is 2.37. The number of fused-ring (bicyclic) bond motifs is 1. The first-order valence-electron chi connectivity index (χ1n) is 8.80. The Morgan fingerprint density at radius 3 is 2.83 bits per heavy atom. The van der Waals surface area contributed by atoms with Crippen LogP contribution in [0, 0.1) is 0 Å². The van der Waals surface area contributed by atoms with E-state index in [-0.39, 0.29) is 5.91 Å². The number of hydrogen-bond acceptors (Lipinski definition) is 4. The molecule has 128 valence electrons. The van der Waals surface area contributed by atoms with Gasteiger partial charge in [0.2, 0.25) is 0 Å². The maximum absolute atomic E-state index is 12.8. The molecule has 2 fully saturated rings. The van der Waals surface area contributed by atoms with Gasteiger partial charge in [0, 0.05) is 37.6 Å². The zero-order valence-electron chi connectivity index (χ0n) is 14.1. The summed E-state index contributed by atoms with van der Waals surface area (Å²) >= 11 is 0. The number of carbonyl (C=O) groups is 1. The second-order valence-corrected chi connectivity index (χ2v) is 6.82. The summed E-state index contributed by atoms with van der Waals surface area (Å²) < 4.78 is 5.63. The highest BCUT2D eigenvalue weighted by Gasteiger charge is 2.30. The lowest BCUT2D eigenvalue weighted by Crippen LogP contribution is -2.51. The van der Waals surface area contributed by atoms with Crippen molar-refractivity contribution in [2.45, 2.75) is 31.9 Å². The molecule has 4 rings (SSSR count). The molecule has 1 N–H and O–H groups in total. The number of aromatic nitrogens is 2. The molecule has 0 radical (unpaired) electrons. The van der Waals surface area contributed by atoms with Crippen LogP contribution in [0.15, 0.2) is 24.3 Å². The number of nitrogens with zero attached hydrogens (tertiary/aromatic N) is 3. The topological polar surface area (TPSA) is 61.5 Å². The number of aromatic amines is 1. The number of H-pyrrole nitrogens is 1. The molecule has 6 nitrogen and oxygen atoms in total. The number of nitrogens with one attached hydrogen (secondary N) is 1. The molecule has 24 heavy (non-hydrogen) atoms. The van der Waals surface area contributed by atoms with Crippen molar-refractivity contribution in [1.29, 1.82) is 0 Å². The number of likely N-dealkylation sites (tertiary alicyclic amines) is 1. The van der Waals surface area contributed by atoms with Gasteiger partial charge in [-0.25, -0.2) is 0 Å². The molecule has 2 aromatic rings. The van der Waals surface area contributed by atoms with Crippen LogP contribution < -0.4 is 0 Å². The van der Waals surface area contributed by atoms with Crippen molar-refractivity contribution in [2.24, 2.45) is 0 Å². The molecule has 0 aliphatic carbocycles. The van der Waals surface area contributed by atoms with Crippen molar-refractivity contribution in [3.8, 4) is 0 Å². The van der Waals surface area contributed by atoms with Crippen molar-refractivity contribution in [3.63, 3.8) is 0 Å². The number of para-hydroxylation sites is 1. The number of amides is 1. The van der Waals surface area contributed by atoms with E-state index in [9.17, 15) is 4.79 Å². The zero-order chi connectivity index (χ0) is 16.5. The third-order valence-corrected chi connectivity index (χ3v) is 5.21. The average Bonchev–Trinajstić information content (AvgIpc) is 3.05. The van der Waals surface area contributed by atoms with Gasteiger partial charge < -0.3 is 9.64 Å². The highest BCUT2D eigenvalue weighted by Crippen LogP contribution is 2.22. The first kappa shape index (κ1) is 15.6. The lowest BCUT2D eigenvalue weighted by molar-refractivity contribution is -0.0423. The third-order valence-electron chi connectivity index (χ3n) is 5.21. The molecule has 0 spiro atoms. The summed E-state index contributed by atoms with van der Waals surface area (Å²) in [4.78, 5) is 17.3. The zero-order valence-corrected chi connectivity index (χ0v) is 14.1. The third kappa shape index (κ3) is 2.91. The van der Waals surface area contributed by atoms with Crippen molar-refractivity contribution >= 4 is 16.8 Å². The van der Waals surface area contributed by atoms with Gasteiger partial charge >= 0.3 is 0 Å². The first-order chi connectivity index (χ1) is 11.7. The summed E-state index contributed by atoms with van der Waals surface area (Å²) in [7, 11) is 0. The normalized spacial score (nSPS) is 23.7. The van der Waals surface area contributed by atoms with Crippen LogP contribution in [0.2, 0.25) is 0 Å². The second-order valence-electron chi connectivity index (χ2n) is 6.82. The minimum absolute atomic E-state index is 0.0428. The van der Waals surface area contributed by atoms with Gasteiger partial charge in [0.25, 0.3) is 5.91 Å². The van der Waals surface area contributed by atoms with Gasteiger partial charge in [0.05, 0.1) is 18.2 Å². The van der Waals surface area contributed by atoms with E-state index in [2.05, 4.69) is 22.0 Å². The van der Waals surface area contributed by atoms with E-state index in [1.165, 1.54) is 0 Å². The smallest absolute Gasteiger partial charge is 0.274 e. The highest BCUT2D eigenvalue weighted by atomic mass is 16.5. The van der Waals surface area contributed by atoms with Crippen LogP contribution in [0.1, 0.15) is 30.3 Å². The van der Waals surface area contributed by atoms with Gasteiger partial charge in [0.15, 0.2) is 5.69 Å². The molecule has 2 aliphatic heterocycles. The van der Waals surface area contributed by atoms with Crippen LogP contribution in [-0.4, -0.2) is 70.8 Å². The van der Waals surface area contributed by atoms with Crippen molar-refractivity contribution < 1.29 is 9.53 Å². The van der Waals surface area contributed by atoms with Gasteiger partial charge in [-0.15, -0.1) is 0 Å². The van der Waals surface area contributed by atoms with E-state index in [4.69, 9.17) is 4.74 Å². The Bertz CT molecular complexity index is 721. The molecule has 3 heterocycles. The fourth-order valence-electron chi connectivity index (χ4n) is 3.89. The van der Waals surface area contributed by atoms with E-state index in [0.29, 0.717) is 17.8 Å². The molecule has 1 amide bonds. The highest BCUT2D eigenvalue weighted by molar-refractivity contribution is 6.04. The number of hydrogen-bond donors (Lipinski definition) is 1. The maximum atomic E-state index is 12.8. The van der Waals surface area contributed by atoms with Crippen molar-refractivity contribution in [1.82, 2.24) is 20.0 Å². The summed E-state index contributed by atoms with van der Waals surface area (Å²) in [6.45, 7) is 6.56. The Morgan fingerprint density at radius 2 is 2.04 bits per heavy atom. The van der Waals surface area contributed by atoms with E-state index in [1.807, 2.05) is 29.2 Å². The molecule has 2 saturated heterocycles. The van der Waals surface area contributed by atoms with E-state index >= 15 is 0 Å². The van der Waals surface area contributed by atoms with Gasteiger partial charge in [-0.1, -0.05) is 18.2 Å². The largest absolute Gasteiger partial charge is 0.376 e. The number of piperidine rings is 1. The number of carbonyl (C=O) groups excluding carboxylic acids is 1. The van der Waals surface area contributed by atoms with E-state index in [0.717, 1.165) is 56.5 Å². The predicted molar refractivity (Wildman–Crippen MR) is 92.0 cm³/mol. The van der Waals surface area contributed by atoms with Crippen molar-refractivity contribution in [3.05, 3.63) is 30.0 Å². The lowest BCUT2D eigenvalue weighted by atomic mass is 10.0. The van der Waals surface area contributed by atoms with Crippen molar-refractivity contribution in [2.75, 3.05) is 32.8 Å². The van der Waals surface area contributed by atoms with E-state index < -0.39 is 0 Å². The number of rotatable bonds is 2. The Kier molecular flexibility index (Phi) is 4.24. The van der Waals surface area contributed by atoms with Gasteiger partial charge in [-0.05, 0) is 25.8 Å². The molecule has 0 unspecified atom stereocenters. The monoisotopic (exact) mass is 328 g/mol. The molecule has 1 atom stereocenters. The first-order valence-corrected chi connectivity index (χ1v) is 8.80. The molecule has 1 aromatic heterocycles. The fourth-order valence-corrected chi connectivity index (χ4v) is 3.89. The maximum Gasteiger partial charge on any atom is 0.274 e. The minimum atomic E-state index is 0.0428. The Morgan fingerprint density at radius 1 is 1.25 bits per heavy atom. The van der Waals surface area contributed by atoms with Gasteiger partial charge in [0.1, 0.15) is 0 Å². The average molecular weight is 328 g/mol. The van der Waals surface area contributed by atoms with Crippen LogP contribution in [-0.2, 0) is 4.74 Å². The summed E-state index contributed by atoms with van der Waals surface area (Å²) in [6, 6.07) is 8.36. The van der Waals surface area contributed by atoms with Crippen LogP contribution in [0.3, 0.4) is 0 Å². The molecule has 1 aromatic carbocycles. The Balaban J connectivity index is 1.41. The quantitative estimate of drug-likeness (QED) is 0.914. The van der Waals surface area contributed by atoms with E-state index in [1.54, 1.807) is 0 Å². The molecule has 0 saturated carbocycles. The standard InChI is InChI=1S/C18H24N4O2/c1-13-12-22(10-11-24-13)14-6-8-21(9-7-14)18(23)17-15-4-2-3-5-16(15)19-20-17/h2-5,13-14H,6-12H2,1H3,(H,19,20)/t13-/m1/s1. The van der Waals surface area contributed by atoms with Crippen LogP contribution in [0.5, 0.6) is 0 Å². The molecule has 0 bridgehead atoms. The van der Waals surface area contributed by atoms with Gasteiger partial charge in [-0.2, -0.15) is 5.10 Å². The second kappa shape index (κ2) is 6.53.